The highest BCUT2D eigenvalue weighted by Gasteiger charge is 2.27. The molecule has 14 nitrogen and oxygen atoms in total. The minimum atomic E-state index is -1.13. The summed E-state index contributed by atoms with van der Waals surface area (Å²) < 4.78 is 0. The van der Waals surface area contributed by atoms with Crippen LogP contribution in [-0.2, 0) is 19.2 Å². The lowest BCUT2D eigenvalue weighted by atomic mass is 10.1. The molecule has 0 aromatic rings. The fourth-order valence-corrected chi connectivity index (χ4v) is 3.39. The number of amides is 3. The third kappa shape index (κ3) is 11.3. The van der Waals surface area contributed by atoms with Crippen LogP contribution in [0.15, 0.2) is 16.9 Å². The number of nitrogens with zero attached hydrogens (tertiary/aromatic N) is 2. The molecule has 5 unspecified atom stereocenters. The van der Waals surface area contributed by atoms with E-state index in [-0.39, 0.29) is 24.5 Å². The standard InChI is InChI=1S/C19H37N10O4P/c20-11-8-14(16(32)26-12(10-30)4-3-6-25-19(22)23)27-17(33)18(34)28-15(31)13(21)5-1-2-7-29(24)9-11/h9-10,12-14,18H,1-8,20-21,24,34H2,(H,26,32)(H,27,33)(H,28,31)(H4,22,23,25)/b11-9-. The largest absolute Gasteiger partial charge is 0.401 e. The molecule has 1 rings (SSSR count). The Balaban J connectivity index is 2.97. The number of guanidine groups is 1. The SMILES string of the molecule is NC(N)=NCCCC(C=O)NC(=O)C1C/C(N)=C/N(N)CCCCC(N)C(=O)NC(P)C(=O)N1. The Morgan fingerprint density at radius 1 is 1.29 bits per heavy atom. The summed E-state index contributed by atoms with van der Waals surface area (Å²) in [6, 6.07) is -2.74. The molecule has 192 valence electrons. The van der Waals surface area contributed by atoms with Gasteiger partial charge in [0.1, 0.15) is 18.1 Å². The van der Waals surface area contributed by atoms with Crippen molar-refractivity contribution >= 4 is 39.2 Å². The molecule has 1 heterocycles. The van der Waals surface area contributed by atoms with Gasteiger partial charge in [0.05, 0.1) is 12.1 Å². The van der Waals surface area contributed by atoms with E-state index < -0.39 is 41.6 Å². The summed E-state index contributed by atoms with van der Waals surface area (Å²) in [6.45, 7) is 0.745. The molecule has 1 aliphatic rings. The van der Waals surface area contributed by atoms with Gasteiger partial charge < -0.3 is 48.7 Å². The van der Waals surface area contributed by atoms with Crippen molar-refractivity contribution in [2.45, 2.75) is 62.4 Å². The Bertz CT molecular complexity index is 774. The van der Waals surface area contributed by atoms with E-state index in [1.807, 2.05) is 0 Å². The monoisotopic (exact) mass is 500 g/mol. The summed E-state index contributed by atoms with van der Waals surface area (Å²) >= 11 is 0. The first-order valence-corrected chi connectivity index (χ1v) is 11.6. The zero-order valence-electron chi connectivity index (χ0n) is 19.1. The number of carbonyl (C=O) groups is 4. The van der Waals surface area contributed by atoms with Crippen LogP contribution in [0.1, 0.15) is 38.5 Å². The van der Waals surface area contributed by atoms with Crippen LogP contribution in [0.25, 0.3) is 0 Å². The Labute approximate surface area is 201 Å². The van der Waals surface area contributed by atoms with Crippen LogP contribution in [0.4, 0.5) is 0 Å². The van der Waals surface area contributed by atoms with Gasteiger partial charge in [-0.15, -0.1) is 9.24 Å². The van der Waals surface area contributed by atoms with Gasteiger partial charge in [-0.05, 0) is 32.1 Å². The maximum atomic E-state index is 12.9. The first kappa shape index (κ1) is 29.1. The van der Waals surface area contributed by atoms with Crippen molar-refractivity contribution in [3.8, 4) is 0 Å². The zero-order chi connectivity index (χ0) is 25.7. The van der Waals surface area contributed by atoms with Gasteiger partial charge in [-0.1, -0.05) is 0 Å². The summed E-state index contributed by atoms with van der Waals surface area (Å²) in [4.78, 5) is 53.1. The van der Waals surface area contributed by atoms with Gasteiger partial charge >= 0.3 is 0 Å². The number of aliphatic imine (C=N–C) groups is 1. The maximum absolute atomic E-state index is 12.9. The van der Waals surface area contributed by atoms with Crippen molar-refractivity contribution in [2.24, 2.45) is 33.8 Å². The first-order chi connectivity index (χ1) is 16.0. The third-order valence-corrected chi connectivity index (χ3v) is 5.43. The number of carbonyl (C=O) groups excluding carboxylic acids is 4. The highest BCUT2D eigenvalue weighted by Crippen LogP contribution is 2.08. The molecule has 1 aliphatic heterocycles. The molecule has 0 aromatic carbocycles. The number of hydrazine groups is 1. The molecule has 0 radical (unpaired) electrons. The van der Waals surface area contributed by atoms with Crippen LogP contribution in [-0.4, -0.2) is 72.0 Å². The smallest absolute Gasteiger partial charge is 0.247 e. The van der Waals surface area contributed by atoms with Gasteiger partial charge in [-0.25, -0.2) is 5.84 Å². The number of nitrogens with two attached hydrogens (primary N) is 5. The van der Waals surface area contributed by atoms with Gasteiger partial charge in [0.15, 0.2) is 5.96 Å². The Hall–Kier alpha value is -2.96. The quantitative estimate of drug-likeness (QED) is 0.0426. The number of hydrogen-bond acceptors (Lipinski definition) is 9. The minimum absolute atomic E-state index is 0.0684. The van der Waals surface area contributed by atoms with Crippen molar-refractivity contribution in [3.05, 3.63) is 11.9 Å². The van der Waals surface area contributed by atoms with Crippen LogP contribution in [0.2, 0.25) is 0 Å². The lowest BCUT2D eigenvalue weighted by Crippen LogP contribution is -2.55. The number of aldehydes is 1. The fourth-order valence-electron chi connectivity index (χ4n) is 3.13. The molecule has 15 heteroatoms. The van der Waals surface area contributed by atoms with Crippen LogP contribution in [0.5, 0.6) is 0 Å². The van der Waals surface area contributed by atoms with Crippen molar-refractivity contribution in [3.63, 3.8) is 0 Å². The lowest BCUT2D eigenvalue weighted by molar-refractivity contribution is -0.131. The van der Waals surface area contributed by atoms with Gasteiger partial charge in [0.2, 0.25) is 17.7 Å². The highest BCUT2D eigenvalue weighted by molar-refractivity contribution is 7.19. The Morgan fingerprint density at radius 3 is 2.65 bits per heavy atom. The number of hydrogen-bond donors (Lipinski definition) is 8. The van der Waals surface area contributed by atoms with Crippen molar-refractivity contribution in [1.82, 2.24) is 21.0 Å². The van der Waals surface area contributed by atoms with Crippen molar-refractivity contribution in [2.75, 3.05) is 13.1 Å². The molecule has 0 bridgehead atoms. The van der Waals surface area contributed by atoms with E-state index in [1.54, 1.807) is 0 Å². The van der Waals surface area contributed by atoms with E-state index in [0.717, 1.165) is 0 Å². The molecule has 0 aromatic heterocycles. The molecule has 0 saturated carbocycles. The first-order valence-electron chi connectivity index (χ1n) is 10.9. The van der Waals surface area contributed by atoms with E-state index in [2.05, 4.69) is 30.2 Å². The normalized spacial score (nSPS) is 25.3. The second kappa shape index (κ2) is 15.0. The molecule has 5 atom stereocenters. The molecule has 13 N–H and O–H groups in total. The summed E-state index contributed by atoms with van der Waals surface area (Å²) in [6.07, 6.45) is 4.44. The van der Waals surface area contributed by atoms with E-state index in [1.165, 1.54) is 11.2 Å². The van der Waals surface area contributed by atoms with Crippen molar-refractivity contribution in [1.29, 1.82) is 0 Å². The summed E-state index contributed by atoms with van der Waals surface area (Å²) in [5, 5.41) is 9.01. The van der Waals surface area contributed by atoms with Gasteiger partial charge in [0.25, 0.3) is 0 Å². The van der Waals surface area contributed by atoms with Gasteiger partial charge in [-0.2, -0.15) is 0 Å². The van der Waals surface area contributed by atoms with Crippen LogP contribution in [0.3, 0.4) is 0 Å². The predicted octanol–water partition coefficient (Wildman–Crippen LogP) is -3.60. The highest BCUT2D eigenvalue weighted by atomic mass is 31.0. The Kier molecular flexibility index (Phi) is 12.9. The van der Waals surface area contributed by atoms with E-state index in [4.69, 9.17) is 28.8 Å². The second-order valence-corrected chi connectivity index (χ2v) is 8.66. The van der Waals surface area contributed by atoms with Gasteiger partial charge in [0, 0.05) is 31.4 Å². The summed E-state index contributed by atoms with van der Waals surface area (Å²) in [7, 11) is 2.19. The Morgan fingerprint density at radius 2 is 2.00 bits per heavy atom. The van der Waals surface area contributed by atoms with Crippen LogP contribution in [0, 0.1) is 0 Å². The van der Waals surface area contributed by atoms with E-state index in [0.29, 0.717) is 45.1 Å². The third-order valence-electron chi connectivity index (χ3n) is 4.96. The average Bonchev–Trinajstić information content (AvgIpc) is 2.76. The molecular formula is C19H37N10O4P. The molecule has 0 spiro atoms. The second-order valence-electron chi connectivity index (χ2n) is 8.00. The zero-order valence-corrected chi connectivity index (χ0v) is 20.3. The summed E-state index contributed by atoms with van der Waals surface area (Å²) in [5.41, 5.74) is 22.7. The average molecular weight is 501 g/mol. The molecule has 0 fully saturated rings. The predicted molar refractivity (Wildman–Crippen MR) is 131 cm³/mol. The summed E-state index contributed by atoms with van der Waals surface area (Å²) in [5.74, 6) is 3.07. The van der Waals surface area contributed by atoms with Crippen molar-refractivity contribution < 1.29 is 19.2 Å². The lowest BCUT2D eigenvalue weighted by Gasteiger charge is -2.23. The molecule has 0 saturated heterocycles. The number of nitrogens with one attached hydrogen (secondary N) is 3. The fraction of sp³-hybridized carbons (Fsp3) is 0.632. The maximum Gasteiger partial charge on any atom is 0.247 e. The number of rotatable bonds is 7. The van der Waals surface area contributed by atoms with Crippen LogP contribution < -0.4 is 44.7 Å². The van der Waals surface area contributed by atoms with Gasteiger partial charge in [-0.3, -0.25) is 19.4 Å². The molecule has 3 amide bonds. The van der Waals surface area contributed by atoms with E-state index >= 15 is 0 Å². The minimum Gasteiger partial charge on any atom is -0.401 e. The topological polar surface area (TPSA) is 250 Å². The van der Waals surface area contributed by atoms with E-state index in [9.17, 15) is 19.2 Å². The van der Waals surface area contributed by atoms with Crippen LogP contribution >= 0.6 is 9.24 Å². The molecule has 34 heavy (non-hydrogen) atoms. The molecular weight excluding hydrogens is 463 g/mol. The molecule has 0 aliphatic carbocycles.